The van der Waals surface area contributed by atoms with E-state index in [4.69, 9.17) is 9.84 Å². The molecule has 0 unspecified atom stereocenters. The molecule has 6 heterocycles. The summed E-state index contributed by atoms with van der Waals surface area (Å²) in [5.74, 6) is 1.32. The molecule has 0 aliphatic heterocycles. The number of anilines is 1. The molecule has 1 N–H and O–H groups in total. The van der Waals surface area contributed by atoms with Crippen molar-refractivity contribution in [3.05, 3.63) is 66.9 Å². The van der Waals surface area contributed by atoms with Gasteiger partial charge in [0.1, 0.15) is 36.2 Å². The summed E-state index contributed by atoms with van der Waals surface area (Å²) in [7, 11) is 0. The van der Waals surface area contributed by atoms with Crippen LogP contribution in [-0.2, 0) is 13.1 Å². The highest BCUT2D eigenvalue weighted by molar-refractivity contribution is 7.09. The van der Waals surface area contributed by atoms with E-state index >= 15 is 0 Å². The van der Waals surface area contributed by atoms with E-state index in [-0.39, 0.29) is 0 Å². The van der Waals surface area contributed by atoms with Gasteiger partial charge in [-0.15, -0.1) is 10.2 Å². The topological polar surface area (TPSA) is 134 Å². The van der Waals surface area contributed by atoms with Crippen molar-refractivity contribution in [2.24, 2.45) is 0 Å². The van der Waals surface area contributed by atoms with E-state index in [0.717, 1.165) is 33.0 Å². The molecular formula is C22H19N11OS. The lowest BCUT2D eigenvalue weighted by Gasteiger charge is -2.10. The zero-order chi connectivity index (χ0) is 23.6. The number of rotatable bonds is 8. The van der Waals surface area contributed by atoms with Crippen LogP contribution in [0.25, 0.3) is 27.3 Å². The maximum absolute atomic E-state index is 5.80. The Hall–Kier alpha value is -4.52. The molecule has 6 rings (SSSR count). The van der Waals surface area contributed by atoms with Crippen LogP contribution in [0, 0.1) is 6.92 Å². The lowest BCUT2D eigenvalue weighted by molar-refractivity contribution is 0.290. The Morgan fingerprint density at radius 2 is 2.09 bits per heavy atom. The monoisotopic (exact) mass is 485 g/mol. The number of nitrogens with zero attached hydrogens (tertiary/aromatic N) is 10. The van der Waals surface area contributed by atoms with Crippen LogP contribution in [0.15, 0.2) is 55.4 Å². The van der Waals surface area contributed by atoms with Gasteiger partial charge in [0.25, 0.3) is 0 Å². The Labute approximate surface area is 202 Å². The third kappa shape index (κ3) is 4.36. The third-order valence-corrected chi connectivity index (χ3v) is 6.16. The second-order valence-corrected chi connectivity index (χ2v) is 8.50. The first-order valence-corrected chi connectivity index (χ1v) is 11.6. The predicted octanol–water partition coefficient (Wildman–Crippen LogP) is 2.78. The highest BCUT2D eigenvalue weighted by Gasteiger charge is 2.12. The van der Waals surface area contributed by atoms with Gasteiger partial charge in [-0.25, -0.2) is 14.6 Å². The maximum atomic E-state index is 5.80. The standard InChI is InChI=1S/C22H19N11OS/c1-14-8-19(35-31-14)16-2-3-20-28-29-21(33(20)30-16)11-25-17-4-5-24-18-9-15(10-26-22(17)18)34-7-6-32-13-23-12-27-32/h2-5,8-10,12-13H,6-7,11H2,1H3,(H,24,25). The minimum atomic E-state index is 0.413. The van der Waals surface area contributed by atoms with Gasteiger partial charge in [0.05, 0.1) is 41.1 Å². The van der Waals surface area contributed by atoms with Crippen molar-refractivity contribution >= 4 is 33.9 Å². The normalized spacial score (nSPS) is 11.3. The molecule has 0 aromatic carbocycles. The van der Waals surface area contributed by atoms with Gasteiger partial charge in [-0.1, -0.05) is 0 Å². The lowest BCUT2D eigenvalue weighted by atomic mass is 10.2. The van der Waals surface area contributed by atoms with Crippen molar-refractivity contribution < 1.29 is 4.74 Å². The van der Waals surface area contributed by atoms with E-state index in [1.165, 1.54) is 17.9 Å². The zero-order valence-electron chi connectivity index (χ0n) is 18.6. The molecule has 0 aliphatic rings. The first kappa shape index (κ1) is 21.0. The Kier molecular flexibility index (Phi) is 5.42. The van der Waals surface area contributed by atoms with Gasteiger partial charge in [0, 0.05) is 12.3 Å². The molecule has 6 aromatic rings. The van der Waals surface area contributed by atoms with Crippen LogP contribution in [0.1, 0.15) is 11.5 Å². The molecule has 35 heavy (non-hydrogen) atoms. The minimum absolute atomic E-state index is 0.413. The number of fused-ring (bicyclic) bond motifs is 2. The van der Waals surface area contributed by atoms with Crippen LogP contribution in [0.3, 0.4) is 0 Å². The Balaban J connectivity index is 1.19. The maximum Gasteiger partial charge on any atom is 0.178 e. The summed E-state index contributed by atoms with van der Waals surface area (Å²) in [5, 5.41) is 20.7. The molecule has 0 saturated carbocycles. The summed E-state index contributed by atoms with van der Waals surface area (Å²) in [5.41, 5.74) is 4.77. The summed E-state index contributed by atoms with van der Waals surface area (Å²) in [6, 6.07) is 9.60. The molecular weight excluding hydrogens is 466 g/mol. The molecule has 174 valence electrons. The molecule has 0 aliphatic carbocycles. The highest BCUT2D eigenvalue weighted by Crippen LogP contribution is 2.25. The molecule has 0 bridgehead atoms. The van der Waals surface area contributed by atoms with Crippen molar-refractivity contribution in [1.82, 2.24) is 48.9 Å². The van der Waals surface area contributed by atoms with Crippen molar-refractivity contribution in [1.29, 1.82) is 0 Å². The fourth-order valence-electron chi connectivity index (χ4n) is 3.57. The second-order valence-electron chi connectivity index (χ2n) is 7.70. The lowest BCUT2D eigenvalue weighted by Crippen LogP contribution is -2.09. The summed E-state index contributed by atoms with van der Waals surface area (Å²) in [6.07, 6.45) is 6.57. The van der Waals surface area contributed by atoms with Gasteiger partial charge in [-0.2, -0.15) is 19.1 Å². The van der Waals surface area contributed by atoms with E-state index in [1.807, 2.05) is 37.3 Å². The van der Waals surface area contributed by atoms with E-state index in [2.05, 4.69) is 39.9 Å². The number of aromatic nitrogens is 10. The van der Waals surface area contributed by atoms with Crippen LogP contribution in [0.4, 0.5) is 5.69 Å². The molecule has 13 heteroatoms. The first-order chi connectivity index (χ1) is 17.2. The molecule has 6 aromatic heterocycles. The van der Waals surface area contributed by atoms with E-state index in [1.54, 1.807) is 27.9 Å². The third-order valence-electron chi connectivity index (χ3n) is 5.25. The van der Waals surface area contributed by atoms with Gasteiger partial charge >= 0.3 is 0 Å². The zero-order valence-corrected chi connectivity index (χ0v) is 19.4. The van der Waals surface area contributed by atoms with Gasteiger partial charge in [0.15, 0.2) is 11.5 Å². The Morgan fingerprint density at radius 1 is 1.11 bits per heavy atom. The molecule has 0 fully saturated rings. The molecule has 0 spiro atoms. The van der Waals surface area contributed by atoms with Gasteiger partial charge in [0.2, 0.25) is 0 Å². The average molecular weight is 486 g/mol. The molecule has 12 nitrogen and oxygen atoms in total. The van der Waals surface area contributed by atoms with Crippen molar-refractivity contribution in [3.8, 4) is 16.3 Å². The Morgan fingerprint density at radius 3 is 2.94 bits per heavy atom. The fourth-order valence-corrected chi connectivity index (χ4v) is 4.29. The first-order valence-electron chi connectivity index (χ1n) is 10.8. The number of ether oxygens (including phenoxy) is 1. The number of hydrogen-bond donors (Lipinski definition) is 1. The van der Waals surface area contributed by atoms with E-state index < -0.39 is 0 Å². The second kappa shape index (κ2) is 9.02. The van der Waals surface area contributed by atoms with Crippen LogP contribution < -0.4 is 10.1 Å². The minimum Gasteiger partial charge on any atom is -0.490 e. The summed E-state index contributed by atoms with van der Waals surface area (Å²) >= 11 is 1.42. The van der Waals surface area contributed by atoms with Crippen LogP contribution in [0.5, 0.6) is 5.75 Å². The van der Waals surface area contributed by atoms with Crippen molar-refractivity contribution in [3.63, 3.8) is 0 Å². The predicted molar refractivity (Wildman–Crippen MR) is 129 cm³/mol. The Bertz CT molecular complexity index is 1610. The number of aryl methyl sites for hydroxylation is 1. The van der Waals surface area contributed by atoms with Crippen LogP contribution >= 0.6 is 11.5 Å². The highest BCUT2D eigenvalue weighted by atomic mass is 32.1. The smallest absolute Gasteiger partial charge is 0.178 e. The van der Waals surface area contributed by atoms with E-state index in [0.29, 0.717) is 36.9 Å². The molecule has 0 atom stereocenters. The van der Waals surface area contributed by atoms with Gasteiger partial charge < -0.3 is 10.1 Å². The van der Waals surface area contributed by atoms with Gasteiger partial charge in [-0.05, 0) is 42.7 Å². The van der Waals surface area contributed by atoms with E-state index in [9.17, 15) is 0 Å². The SMILES string of the molecule is Cc1cc(-c2ccc3nnc(CNc4ccnc5cc(OCCn6cncn6)cnc45)n3n2)sn1. The summed E-state index contributed by atoms with van der Waals surface area (Å²) in [4.78, 5) is 13.9. The average Bonchev–Trinajstić information content (AvgIpc) is 3.64. The quantitative estimate of drug-likeness (QED) is 0.343. The molecule has 0 amide bonds. The molecule has 0 radical (unpaired) electrons. The number of hydrogen-bond acceptors (Lipinski definition) is 11. The number of nitrogens with one attached hydrogen (secondary N) is 1. The van der Waals surface area contributed by atoms with Crippen molar-refractivity contribution in [2.75, 3.05) is 11.9 Å². The fraction of sp³-hybridized carbons (Fsp3) is 0.182. The largest absolute Gasteiger partial charge is 0.490 e. The summed E-state index contributed by atoms with van der Waals surface area (Å²) in [6.45, 7) is 3.42. The van der Waals surface area contributed by atoms with Crippen molar-refractivity contribution in [2.45, 2.75) is 20.0 Å². The molecule has 0 saturated heterocycles. The number of pyridine rings is 2. The van der Waals surface area contributed by atoms with Gasteiger partial charge in [-0.3, -0.25) is 4.98 Å². The van der Waals surface area contributed by atoms with Crippen LogP contribution in [0.2, 0.25) is 0 Å². The van der Waals surface area contributed by atoms with Crippen LogP contribution in [-0.4, -0.2) is 55.5 Å². The summed E-state index contributed by atoms with van der Waals surface area (Å²) < 4.78 is 13.6.